The first-order valence-electron chi connectivity index (χ1n) is 17.7. The molecular weight excluding hydrogens is 906 g/mol. The van der Waals surface area contributed by atoms with Crippen LogP contribution in [0.15, 0.2) is 37.1 Å². The lowest BCUT2D eigenvalue weighted by Gasteiger charge is -2.53. The number of nitrogens with zero attached hydrogens (tertiary/aromatic N) is 8. The second-order valence-corrected chi connectivity index (χ2v) is 13.9. The zero-order valence-corrected chi connectivity index (χ0v) is 32.3. The highest BCUT2D eigenvalue weighted by Crippen LogP contribution is 2.39. The number of rotatable bonds is 8. The number of alkyl halides is 12. The van der Waals surface area contributed by atoms with Crippen LogP contribution in [-0.4, -0.2) is 133 Å². The van der Waals surface area contributed by atoms with Gasteiger partial charge >= 0.3 is 42.6 Å². The normalized spacial score (nSPS) is 18.5. The Morgan fingerprint density at radius 3 is 1.89 bits per heavy atom. The molecule has 5 heterocycles. The van der Waals surface area contributed by atoms with E-state index in [1.807, 2.05) is 16.9 Å². The minimum Gasteiger partial charge on any atom is -0.475 e. The predicted octanol–water partition coefficient (Wildman–Crippen LogP) is 5.04. The number of fused-ring (bicyclic) bond motifs is 1. The summed E-state index contributed by atoms with van der Waals surface area (Å²) in [7, 11) is 0. The van der Waals surface area contributed by atoms with E-state index in [4.69, 9.17) is 34.4 Å². The van der Waals surface area contributed by atoms with Crippen molar-refractivity contribution in [2.45, 2.75) is 87.0 Å². The minimum absolute atomic E-state index is 0.227. The van der Waals surface area contributed by atoms with Crippen molar-refractivity contribution in [1.29, 1.82) is 5.26 Å². The molecule has 30 heteroatoms. The average molecular weight is 940 g/mol. The van der Waals surface area contributed by atoms with Gasteiger partial charge in [-0.15, -0.1) is 0 Å². The highest BCUT2D eigenvalue weighted by Gasteiger charge is 2.48. The van der Waals surface area contributed by atoms with E-state index < -0.39 is 66.2 Å². The number of hydrogen-bond donors (Lipinski definition) is 6. The third-order valence-electron chi connectivity index (χ3n) is 9.09. The zero-order chi connectivity index (χ0) is 48.6. The molecule has 0 amide bonds. The van der Waals surface area contributed by atoms with Crippen molar-refractivity contribution in [3.05, 3.63) is 48.6 Å². The smallest absolute Gasteiger partial charge is 0.475 e. The number of carboxylic acid groups (broad SMARTS) is 3. The van der Waals surface area contributed by atoms with Gasteiger partial charge in [0.15, 0.2) is 0 Å². The van der Waals surface area contributed by atoms with Crippen LogP contribution in [0.25, 0.3) is 22.3 Å². The number of nitriles is 1. The lowest BCUT2D eigenvalue weighted by Crippen LogP contribution is -2.65. The quantitative estimate of drug-likeness (QED) is 0.126. The maximum Gasteiger partial charge on any atom is 0.490 e. The number of halogens is 12. The molecule has 64 heavy (non-hydrogen) atoms. The number of aliphatic hydroxyl groups is 2. The second kappa shape index (κ2) is 20.0. The highest BCUT2D eigenvalue weighted by molar-refractivity contribution is 5.90. The molecule has 2 fully saturated rings. The molecular formula is C34H33F12N9O9. The number of aromatic amines is 1. The van der Waals surface area contributed by atoms with E-state index in [1.165, 1.54) is 13.3 Å². The van der Waals surface area contributed by atoms with E-state index in [1.54, 1.807) is 12.4 Å². The van der Waals surface area contributed by atoms with Crippen molar-refractivity contribution in [2.24, 2.45) is 0 Å². The molecule has 1 aliphatic carbocycles. The molecule has 18 nitrogen and oxygen atoms in total. The Hall–Kier alpha value is -6.35. The molecule has 1 aliphatic heterocycles. The summed E-state index contributed by atoms with van der Waals surface area (Å²) < 4.78 is 143. The molecule has 1 atom stereocenters. The molecule has 2 aliphatic rings. The van der Waals surface area contributed by atoms with Gasteiger partial charge in [-0.1, -0.05) is 0 Å². The van der Waals surface area contributed by atoms with Gasteiger partial charge in [0.05, 0.1) is 36.7 Å². The summed E-state index contributed by atoms with van der Waals surface area (Å²) in [5.74, 6) is -10.00. The average Bonchev–Trinajstić information content (AvgIpc) is 3.87. The predicted molar refractivity (Wildman–Crippen MR) is 186 cm³/mol. The number of H-pyrrole nitrogens is 1. The van der Waals surface area contributed by atoms with E-state index in [-0.39, 0.29) is 23.7 Å². The summed E-state index contributed by atoms with van der Waals surface area (Å²) >= 11 is 0. The Bertz CT molecular complexity index is 2220. The van der Waals surface area contributed by atoms with Gasteiger partial charge in [0, 0.05) is 48.5 Å². The summed E-state index contributed by atoms with van der Waals surface area (Å²) in [4.78, 5) is 47.7. The number of ether oxygens (including phenoxy) is 1. The van der Waals surface area contributed by atoms with Crippen molar-refractivity contribution in [3.8, 4) is 23.2 Å². The van der Waals surface area contributed by atoms with Crippen molar-refractivity contribution in [3.63, 3.8) is 0 Å². The van der Waals surface area contributed by atoms with Gasteiger partial charge in [-0.05, 0) is 38.7 Å². The third kappa shape index (κ3) is 13.8. The molecule has 1 saturated carbocycles. The van der Waals surface area contributed by atoms with Crippen LogP contribution in [0.5, 0.6) is 5.88 Å². The molecule has 1 saturated heterocycles. The Balaban J connectivity index is 0.000000429. The largest absolute Gasteiger partial charge is 0.490 e. The van der Waals surface area contributed by atoms with Crippen molar-refractivity contribution < 1.29 is 97.3 Å². The fourth-order valence-corrected chi connectivity index (χ4v) is 5.93. The van der Waals surface area contributed by atoms with Crippen LogP contribution >= 0.6 is 0 Å². The second-order valence-electron chi connectivity index (χ2n) is 13.9. The van der Waals surface area contributed by atoms with Crippen LogP contribution in [-0.2, 0) is 31.7 Å². The van der Waals surface area contributed by atoms with Crippen LogP contribution in [0.3, 0.4) is 0 Å². The SMILES string of the molecule is CC(O)(CO)c1cc(O[C@H]2CC[C@@H](N3CC(CC#N)(n4cc(-c5ncnc6[nH]ccc56)cn4)C3)CC2)nc(C(F)(F)F)n1.O=C(O)C(F)(F)F.O=C(O)C(F)(F)F.O=C(O)C(F)(F)F. The van der Waals surface area contributed by atoms with E-state index in [2.05, 4.69) is 41.0 Å². The zero-order valence-electron chi connectivity index (χ0n) is 32.3. The summed E-state index contributed by atoms with van der Waals surface area (Å²) in [5.41, 5.74) is -0.490. The first-order valence-corrected chi connectivity index (χ1v) is 17.7. The number of aliphatic carboxylic acids is 3. The summed E-state index contributed by atoms with van der Waals surface area (Å²) in [6.45, 7) is 1.64. The molecule has 0 aromatic carbocycles. The number of carboxylic acids is 3. The van der Waals surface area contributed by atoms with Gasteiger partial charge in [-0.25, -0.2) is 29.3 Å². The Morgan fingerprint density at radius 1 is 0.891 bits per heavy atom. The van der Waals surface area contributed by atoms with Gasteiger partial charge in [0.25, 0.3) is 0 Å². The molecule has 0 bridgehead atoms. The van der Waals surface area contributed by atoms with E-state index in [0.717, 1.165) is 41.2 Å². The molecule has 6 rings (SSSR count). The standard InChI is InChI=1S/C28H30F3N9O3.3C2HF3O2/c1-26(42,15-41)21-10-22(38-25(37-21)28(29,30)31)43-19-4-2-18(3-5-19)39-13-27(14-39,7-8-32)40-12-17(11-36-40)23-20-6-9-33-24(20)35-16-34-23;3*3-2(4,5)1(6)7/h6,9-12,16,18-19,41-42H,2-5,7,13-15H2,1H3,(H,33,34,35);3*(H,6,7)/t18-,19+,26?;;;. The molecule has 6 N–H and O–H groups in total. The molecule has 352 valence electrons. The monoisotopic (exact) mass is 939 g/mol. The summed E-state index contributed by atoms with van der Waals surface area (Å²) in [6.07, 6.45) is -10.5. The van der Waals surface area contributed by atoms with Gasteiger partial charge in [0.2, 0.25) is 11.7 Å². The van der Waals surface area contributed by atoms with Crippen LogP contribution in [0.4, 0.5) is 52.7 Å². The molecule has 0 spiro atoms. The van der Waals surface area contributed by atoms with Crippen molar-refractivity contribution in [2.75, 3.05) is 19.7 Å². The van der Waals surface area contributed by atoms with Crippen LogP contribution in [0, 0.1) is 11.3 Å². The molecule has 0 radical (unpaired) electrons. The van der Waals surface area contributed by atoms with Crippen molar-refractivity contribution >= 4 is 28.9 Å². The van der Waals surface area contributed by atoms with Gasteiger partial charge in [-0.2, -0.15) is 68.0 Å². The van der Waals surface area contributed by atoms with Gasteiger partial charge < -0.3 is 35.3 Å². The highest BCUT2D eigenvalue weighted by atomic mass is 19.4. The summed E-state index contributed by atoms with van der Waals surface area (Å²) in [6, 6.07) is 5.59. The van der Waals surface area contributed by atoms with Crippen LogP contribution < -0.4 is 4.74 Å². The topological polar surface area (TPSA) is 274 Å². The minimum atomic E-state index is -5.08. The number of hydrogen-bond acceptors (Lipinski definition) is 13. The third-order valence-corrected chi connectivity index (χ3v) is 9.09. The number of carbonyl (C=O) groups is 3. The van der Waals surface area contributed by atoms with E-state index in [0.29, 0.717) is 32.4 Å². The van der Waals surface area contributed by atoms with Gasteiger partial charge in [-0.3, -0.25) is 9.58 Å². The Kier molecular flexibility index (Phi) is 16.3. The van der Waals surface area contributed by atoms with Crippen molar-refractivity contribution in [1.82, 2.24) is 39.6 Å². The number of nitrogens with one attached hydrogen (secondary N) is 1. The summed E-state index contributed by atoms with van der Waals surface area (Å²) in [5, 5.41) is 56.2. The number of likely N-dealkylation sites (tertiary alicyclic amines) is 1. The number of aromatic nitrogens is 7. The van der Waals surface area contributed by atoms with Gasteiger partial charge in [0.1, 0.15) is 29.2 Å². The number of aliphatic hydroxyl groups excluding tert-OH is 1. The van der Waals surface area contributed by atoms with E-state index in [9.17, 15) is 68.2 Å². The Labute approximate surface area is 349 Å². The molecule has 4 aromatic heterocycles. The fourth-order valence-electron chi connectivity index (χ4n) is 5.93. The maximum absolute atomic E-state index is 13.4. The molecule has 1 unspecified atom stereocenters. The van der Waals surface area contributed by atoms with E-state index >= 15 is 0 Å². The Morgan fingerprint density at radius 2 is 1.42 bits per heavy atom. The molecule has 4 aromatic rings. The lowest BCUT2D eigenvalue weighted by atomic mass is 9.82. The first-order chi connectivity index (χ1) is 29.3. The van der Waals surface area contributed by atoms with Crippen LogP contribution in [0.1, 0.15) is 50.5 Å². The van der Waals surface area contributed by atoms with Crippen LogP contribution in [0.2, 0.25) is 0 Å². The fraction of sp³-hybridized carbons (Fsp3) is 0.500. The first kappa shape index (κ1) is 52.0. The maximum atomic E-state index is 13.4. The lowest BCUT2D eigenvalue weighted by molar-refractivity contribution is -0.193.